The van der Waals surface area contributed by atoms with Gasteiger partial charge in [-0.05, 0) is 31.2 Å². The number of rotatable bonds is 4. The fourth-order valence-electron chi connectivity index (χ4n) is 1.95. The lowest BCUT2D eigenvalue weighted by molar-refractivity contribution is 0.0952. The lowest BCUT2D eigenvalue weighted by Gasteiger charge is -2.19. The number of aromatic nitrogens is 1. The van der Waals surface area contributed by atoms with Gasteiger partial charge in [-0.1, -0.05) is 32.4 Å². The smallest absolute Gasteiger partial charge is 0.251 e. The number of pyridine rings is 1. The first kappa shape index (κ1) is 15.6. The minimum absolute atomic E-state index is 0.0693. The number of nitrogens with one attached hydrogen (secondary N) is 1. The average molecular weight is 313 g/mol. The molecule has 0 saturated heterocycles. The molecule has 110 valence electrons. The van der Waals surface area contributed by atoms with Crippen LogP contribution in [0.25, 0.3) is 0 Å². The Morgan fingerprint density at radius 2 is 2.10 bits per heavy atom. The molecule has 1 aliphatic rings. The third-order valence-electron chi connectivity index (χ3n) is 3.64. The molecular formula is C15H21ClN2OS. The fraction of sp³-hybridized carbons (Fsp3) is 0.600. The molecule has 20 heavy (non-hydrogen) atoms. The SMILES string of the molecule is CSC1(CNC(=O)c2cc(Cl)nc(C(C)(C)C)c2)CC1. The van der Waals surface area contributed by atoms with E-state index in [0.717, 1.165) is 12.2 Å². The second-order valence-corrected chi connectivity index (χ2v) is 8.05. The van der Waals surface area contributed by atoms with Crippen molar-refractivity contribution in [2.24, 2.45) is 0 Å². The number of halogens is 1. The van der Waals surface area contributed by atoms with Crippen LogP contribution in [0.15, 0.2) is 12.1 Å². The van der Waals surface area contributed by atoms with Crippen LogP contribution in [0.5, 0.6) is 0 Å². The van der Waals surface area contributed by atoms with E-state index in [9.17, 15) is 4.79 Å². The van der Waals surface area contributed by atoms with Crippen molar-refractivity contribution < 1.29 is 4.79 Å². The van der Waals surface area contributed by atoms with Gasteiger partial charge in [-0.2, -0.15) is 11.8 Å². The summed E-state index contributed by atoms with van der Waals surface area (Å²) >= 11 is 7.87. The van der Waals surface area contributed by atoms with E-state index in [1.165, 1.54) is 12.8 Å². The molecule has 0 atom stereocenters. The number of thioether (sulfide) groups is 1. The van der Waals surface area contributed by atoms with Crippen molar-refractivity contribution in [3.05, 3.63) is 28.5 Å². The maximum Gasteiger partial charge on any atom is 0.251 e. The van der Waals surface area contributed by atoms with E-state index >= 15 is 0 Å². The van der Waals surface area contributed by atoms with Gasteiger partial charge in [0.2, 0.25) is 0 Å². The zero-order chi connectivity index (χ0) is 15.0. The van der Waals surface area contributed by atoms with E-state index in [1.54, 1.807) is 6.07 Å². The minimum Gasteiger partial charge on any atom is -0.351 e. The quantitative estimate of drug-likeness (QED) is 0.863. The molecule has 1 saturated carbocycles. The van der Waals surface area contributed by atoms with Crippen molar-refractivity contribution in [2.45, 2.75) is 43.8 Å². The number of amides is 1. The Morgan fingerprint density at radius 1 is 1.45 bits per heavy atom. The summed E-state index contributed by atoms with van der Waals surface area (Å²) in [4.78, 5) is 16.6. The van der Waals surface area contributed by atoms with Crippen LogP contribution in [0.1, 0.15) is 49.7 Å². The van der Waals surface area contributed by atoms with Gasteiger partial charge in [0.25, 0.3) is 5.91 Å². The lowest BCUT2D eigenvalue weighted by atomic mass is 9.91. The summed E-state index contributed by atoms with van der Waals surface area (Å²) in [6.07, 6.45) is 4.46. The van der Waals surface area contributed by atoms with Gasteiger partial charge in [0, 0.05) is 28.0 Å². The van der Waals surface area contributed by atoms with Crippen LogP contribution in [0, 0.1) is 0 Å². The Morgan fingerprint density at radius 3 is 2.60 bits per heavy atom. The lowest BCUT2D eigenvalue weighted by Crippen LogP contribution is -2.32. The summed E-state index contributed by atoms with van der Waals surface area (Å²) in [6, 6.07) is 3.46. The van der Waals surface area contributed by atoms with Crippen LogP contribution in [-0.2, 0) is 5.41 Å². The molecule has 0 bridgehead atoms. The Labute approximate surface area is 129 Å². The number of carbonyl (C=O) groups is 1. The molecule has 1 fully saturated rings. The molecule has 0 aromatic carbocycles. The molecule has 3 nitrogen and oxygen atoms in total. The first-order valence-corrected chi connectivity index (χ1v) is 8.37. The molecule has 0 radical (unpaired) electrons. The average Bonchev–Trinajstić information content (AvgIpc) is 3.15. The van der Waals surface area contributed by atoms with Crippen molar-refractivity contribution in [3.63, 3.8) is 0 Å². The van der Waals surface area contributed by atoms with Crippen LogP contribution >= 0.6 is 23.4 Å². The molecule has 5 heteroatoms. The predicted octanol–water partition coefficient (Wildman–Crippen LogP) is 3.66. The van der Waals surface area contributed by atoms with E-state index in [0.29, 0.717) is 10.7 Å². The molecule has 0 unspecified atom stereocenters. The highest BCUT2D eigenvalue weighted by atomic mass is 35.5. The van der Waals surface area contributed by atoms with E-state index in [-0.39, 0.29) is 16.1 Å². The van der Waals surface area contributed by atoms with Crippen LogP contribution in [0.2, 0.25) is 5.15 Å². The normalized spacial score (nSPS) is 16.9. The van der Waals surface area contributed by atoms with Gasteiger partial charge in [0.15, 0.2) is 0 Å². The summed E-state index contributed by atoms with van der Waals surface area (Å²) in [5.41, 5.74) is 1.30. The third kappa shape index (κ3) is 3.67. The Kier molecular flexibility index (Phi) is 4.35. The van der Waals surface area contributed by atoms with E-state index in [2.05, 4.69) is 37.3 Å². The first-order valence-electron chi connectivity index (χ1n) is 6.77. The second kappa shape index (κ2) is 5.57. The Bertz CT molecular complexity index is 521. The van der Waals surface area contributed by atoms with Crippen LogP contribution in [0.4, 0.5) is 0 Å². The van der Waals surface area contributed by atoms with Gasteiger partial charge in [0.05, 0.1) is 0 Å². The summed E-state index contributed by atoms with van der Waals surface area (Å²) in [5, 5.41) is 3.38. The van der Waals surface area contributed by atoms with Gasteiger partial charge in [0.1, 0.15) is 5.15 Å². The van der Waals surface area contributed by atoms with Gasteiger partial charge in [-0.15, -0.1) is 0 Å². The van der Waals surface area contributed by atoms with Crippen molar-refractivity contribution >= 4 is 29.3 Å². The topological polar surface area (TPSA) is 42.0 Å². The maximum absolute atomic E-state index is 12.3. The second-order valence-electron chi connectivity index (χ2n) is 6.38. The number of carbonyl (C=O) groups excluding carboxylic acids is 1. The van der Waals surface area contributed by atoms with Crippen molar-refractivity contribution in [3.8, 4) is 0 Å². The third-order valence-corrected chi connectivity index (χ3v) is 5.25. The van der Waals surface area contributed by atoms with E-state index in [1.807, 2.05) is 17.8 Å². The molecule has 1 aromatic heterocycles. The zero-order valence-electron chi connectivity index (χ0n) is 12.4. The summed E-state index contributed by atoms with van der Waals surface area (Å²) in [7, 11) is 0. The van der Waals surface area contributed by atoms with E-state index in [4.69, 9.17) is 11.6 Å². The Hall–Kier alpha value is -0.740. The van der Waals surface area contributed by atoms with E-state index < -0.39 is 0 Å². The van der Waals surface area contributed by atoms with Crippen molar-refractivity contribution in [2.75, 3.05) is 12.8 Å². The maximum atomic E-state index is 12.3. The summed E-state index contributed by atoms with van der Waals surface area (Å²) in [5.74, 6) is -0.0693. The van der Waals surface area contributed by atoms with Gasteiger partial charge >= 0.3 is 0 Å². The predicted molar refractivity (Wildman–Crippen MR) is 85.8 cm³/mol. The molecule has 1 aromatic rings. The molecule has 0 spiro atoms. The largest absolute Gasteiger partial charge is 0.351 e. The molecule has 1 aliphatic carbocycles. The molecule has 1 heterocycles. The number of hydrogen-bond donors (Lipinski definition) is 1. The zero-order valence-corrected chi connectivity index (χ0v) is 14.0. The highest BCUT2D eigenvalue weighted by Gasteiger charge is 2.42. The summed E-state index contributed by atoms with van der Waals surface area (Å²) in [6.45, 7) is 6.89. The molecule has 2 rings (SSSR count). The van der Waals surface area contributed by atoms with Crippen LogP contribution < -0.4 is 5.32 Å². The highest BCUT2D eigenvalue weighted by Crippen LogP contribution is 2.46. The monoisotopic (exact) mass is 312 g/mol. The summed E-state index contributed by atoms with van der Waals surface area (Å²) < 4.78 is 0.263. The van der Waals surface area contributed by atoms with Gasteiger partial charge in [-0.25, -0.2) is 4.98 Å². The highest BCUT2D eigenvalue weighted by molar-refractivity contribution is 8.00. The minimum atomic E-state index is -0.128. The standard InChI is InChI=1S/C15H21ClN2OS/c1-14(2,3)11-7-10(8-12(16)18-11)13(19)17-9-15(20-4)5-6-15/h7-8H,5-6,9H2,1-4H3,(H,17,19). The number of hydrogen-bond acceptors (Lipinski definition) is 3. The molecule has 1 amide bonds. The molecular weight excluding hydrogens is 292 g/mol. The van der Waals surface area contributed by atoms with Crippen molar-refractivity contribution in [1.29, 1.82) is 0 Å². The molecule has 1 N–H and O–H groups in total. The molecule has 0 aliphatic heterocycles. The van der Waals surface area contributed by atoms with Crippen LogP contribution in [-0.4, -0.2) is 28.4 Å². The number of nitrogens with zero attached hydrogens (tertiary/aromatic N) is 1. The van der Waals surface area contributed by atoms with Gasteiger partial charge in [-0.3, -0.25) is 4.79 Å². The first-order chi connectivity index (χ1) is 9.26. The van der Waals surface area contributed by atoms with Gasteiger partial charge < -0.3 is 5.32 Å². The van der Waals surface area contributed by atoms with Crippen molar-refractivity contribution in [1.82, 2.24) is 10.3 Å². The van der Waals surface area contributed by atoms with Crippen LogP contribution in [0.3, 0.4) is 0 Å². The fourth-order valence-corrected chi connectivity index (χ4v) is 2.88. The Balaban J connectivity index is 2.11.